The molecule has 0 bridgehead atoms. The number of anilines is 1. The number of para-hydroxylation sites is 1. The maximum absolute atomic E-state index is 10.2. The number of phenolic OH excluding ortho intramolecular Hbond substituents is 1. The highest BCUT2D eigenvalue weighted by Gasteiger charge is 2.27. The largest absolute Gasteiger partial charge is 0.506 e. The molecule has 0 aliphatic carbocycles. The molecule has 6 nitrogen and oxygen atoms in total. The van der Waals surface area contributed by atoms with Crippen LogP contribution in [0.4, 0.5) is 5.69 Å². The highest BCUT2D eigenvalue weighted by Crippen LogP contribution is 2.41. The van der Waals surface area contributed by atoms with Crippen LogP contribution < -0.4 is 10.1 Å². The molecule has 3 aromatic carbocycles. The van der Waals surface area contributed by atoms with Crippen LogP contribution in [0.5, 0.6) is 11.6 Å². The molecule has 1 aliphatic rings. The Bertz CT molecular complexity index is 1330. The van der Waals surface area contributed by atoms with Crippen molar-refractivity contribution in [2.24, 2.45) is 0 Å². The second kappa shape index (κ2) is 9.80. The van der Waals surface area contributed by atoms with Crippen molar-refractivity contribution in [2.75, 3.05) is 5.32 Å². The van der Waals surface area contributed by atoms with Crippen molar-refractivity contribution >= 4 is 74.2 Å². The number of benzene rings is 3. The van der Waals surface area contributed by atoms with Crippen LogP contribution in [0, 0.1) is 7.14 Å². The predicted molar refractivity (Wildman–Crippen MR) is 147 cm³/mol. The van der Waals surface area contributed by atoms with E-state index in [1.165, 1.54) is 11.8 Å². The molecule has 0 unspecified atom stereocenters. The van der Waals surface area contributed by atoms with E-state index in [4.69, 9.17) is 16.3 Å². The lowest BCUT2D eigenvalue weighted by Crippen LogP contribution is -2.17. The molecule has 0 saturated heterocycles. The Hall–Kier alpha value is -1.83. The SMILES string of the molecule is Oc1c(I)cc([C@H]2Nc3ccccc3-c3nnc(SCc4ccccc4Cl)nc3O2)cc1I. The average molecular weight is 701 g/mol. The molecule has 0 spiro atoms. The maximum atomic E-state index is 10.2. The Morgan fingerprint density at radius 2 is 1.76 bits per heavy atom. The number of aromatic hydroxyl groups is 1. The van der Waals surface area contributed by atoms with E-state index in [-0.39, 0.29) is 5.75 Å². The van der Waals surface area contributed by atoms with Gasteiger partial charge in [0.2, 0.25) is 11.0 Å². The number of hydrogen-bond acceptors (Lipinski definition) is 7. The zero-order valence-corrected chi connectivity index (χ0v) is 22.7. The van der Waals surface area contributed by atoms with Gasteiger partial charge in [0.05, 0.1) is 7.14 Å². The van der Waals surface area contributed by atoms with Crippen molar-refractivity contribution in [2.45, 2.75) is 17.1 Å². The molecule has 33 heavy (non-hydrogen) atoms. The van der Waals surface area contributed by atoms with Gasteiger partial charge in [0, 0.05) is 27.6 Å². The Morgan fingerprint density at radius 1 is 1.03 bits per heavy atom. The highest BCUT2D eigenvalue weighted by atomic mass is 127. The van der Waals surface area contributed by atoms with Crippen molar-refractivity contribution in [3.8, 4) is 22.9 Å². The molecule has 0 fully saturated rings. The highest BCUT2D eigenvalue weighted by molar-refractivity contribution is 14.1. The molecule has 2 N–H and O–H groups in total. The van der Waals surface area contributed by atoms with Crippen LogP contribution in [-0.4, -0.2) is 20.3 Å². The molecule has 0 amide bonds. The van der Waals surface area contributed by atoms with E-state index in [0.717, 1.165) is 29.5 Å². The number of thioether (sulfide) groups is 1. The first kappa shape index (κ1) is 22.9. The van der Waals surface area contributed by atoms with E-state index < -0.39 is 6.23 Å². The number of nitrogens with one attached hydrogen (secondary N) is 1. The van der Waals surface area contributed by atoms with E-state index in [1.807, 2.05) is 60.7 Å². The van der Waals surface area contributed by atoms with Crippen LogP contribution in [0.1, 0.15) is 17.4 Å². The molecule has 5 rings (SSSR count). The fraction of sp³-hybridized carbons (Fsp3) is 0.0870. The van der Waals surface area contributed by atoms with E-state index in [9.17, 15) is 5.11 Å². The van der Waals surface area contributed by atoms with E-state index >= 15 is 0 Å². The van der Waals surface area contributed by atoms with Gasteiger partial charge < -0.3 is 15.2 Å². The van der Waals surface area contributed by atoms with Gasteiger partial charge in [-0.15, -0.1) is 10.2 Å². The van der Waals surface area contributed by atoms with Crippen LogP contribution in [0.25, 0.3) is 11.3 Å². The average Bonchev–Trinajstić information content (AvgIpc) is 2.98. The van der Waals surface area contributed by atoms with Gasteiger partial charge in [-0.2, -0.15) is 4.98 Å². The van der Waals surface area contributed by atoms with Crippen LogP contribution >= 0.6 is 68.5 Å². The van der Waals surface area contributed by atoms with Gasteiger partial charge in [0.15, 0.2) is 11.9 Å². The summed E-state index contributed by atoms with van der Waals surface area (Å²) in [5, 5.41) is 23.6. The van der Waals surface area contributed by atoms with Crippen LogP contribution in [0.2, 0.25) is 5.02 Å². The van der Waals surface area contributed by atoms with Crippen LogP contribution in [0.3, 0.4) is 0 Å². The summed E-state index contributed by atoms with van der Waals surface area (Å²) < 4.78 is 7.83. The molecule has 0 radical (unpaired) electrons. The molecule has 2 heterocycles. The summed E-state index contributed by atoms with van der Waals surface area (Å²) in [6, 6.07) is 19.3. The first-order valence-corrected chi connectivity index (χ1v) is 13.3. The maximum Gasteiger partial charge on any atom is 0.247 e. The Labute approximate surface area is 226 Å². The minimum absolute atomic E-state index is 0.261. The fourth-order valence-electron chi connectivity index (χ4n) is 3.35. The molecular weight excluding hydrogens is 686 g/mol. The topological polar surface area (TPSA) is 80.2 Å². The molecule has 1 aromatic heterocycles. The third kappa shape index (κ3) is 4.86. The smallest absolute Gasteiger partial charge is 0.247 e. The van der Waals surface area contributed by atoms with Gasteiger partial charge in [-0.25, -0.2) is 0 Å². The quantitative estimate of drug-likeness (QED) is 0.177. The van der Waals surface area contributed by atoms with Gasteiger partial charge in [-0.05, 0) is 75.0 Å². The lowest BCUT2D eigenvalue weighted by Gasteiger charge is -2.20. The summed E-state index contributed by atoms with van der Waals surface area (Å²) in [6.45, 7) is 0. The van der Waals surface area contributed by atoms with Crippen molar-refractivity contribution in [1.82, 2.24) is 15.2 Å². The summed E-state index contributed by atoms with van der Waals surface area (Å²) in [4.78, 5) is 4.69. The van der Waals surface area contributed by atoms with Gasteiger partial charge in [-0.1, -0.05) is 59.8 Å². The first-order valence-electron chi connectivity index (χ1n) is 9.81. The lowest BCUT2D eigenvalue weighted by molar-refractivity contribution is 0.225. The standard InChI is InChI=1S/C23H15ClI2N4O2S/c24-15-7-3-1-5-12(15)11-33-23-28-22-19(29-30-23)14-6-2-4-8-18(14)27-21(32-22)13-9-16(25)20(31)17(26)10-13/h1-10,21,27,31H,11H2/t21-/m0/s1. The molecule has 166 valence electrons. The second-order valence-electron chi connectivity index (χ2n) is 7.15. The molecular formula is C23H15ClI2N4O2S. The van der Waals surface area contributed by atoms with Crippen molar-refractivity contribution in [3.05, 3.63) is 84.0 Å². The monoisotopic (exact) mass is 700 g/mol. The molecule has 1 atom stereocenters. The Balaban J connectivity index is 1.52. The Kier molecular flexibility index (Phi) is 6.81. The number of phenols is 1. The minimum atomic E-state index is -0.520. The predicted octanol–water partition coefficient (Wildman–Crippen LogP) is 6.90. The second-order valence-corrected chi connectivity index (χ2v) is 10.8. The number of halogens is 3. The van der Waals surface area contributed by atoms with Gasteiger partial charge in [0.1, 0.15) is 5.75 Å². The number of rotatable bonds is 4. The van der Waals surface area contributed by atoms with Gasteiger partial charge in [0.25, 0.3) is 0 Å². The zero-order chi connectivity index (χ0) is 22.9. The molecule has 4 aromatic rings. The summed E-state index contributed by atoms with van der Waals surface area (Å²) in [5.41, 5.74) is 4.17. The molecule has 1 aliphatic heterocycles. The van der Waals surface area contributed by atoms with Crippen LogP contribution in [-0.2, 0) is 5.75 Å². The van der Waals surface area contributed by atoms with Crippen LogP contribution in [0.15, 0.2) is 65.8 Å². The summed E-state index contributed by atoms with van der Waals surface area (Å²) >= 11 is 12.0. The van der Waals surface area contributed by atoms with Gasteiger partial charge >= 0.3 is 0 Å². The van der Waals surface area contributed by atoms with E-state index in [2.05, 4.69) is 65.7 Å². The first-order chi connectivity index (χ1) is 16.0. The number of hydrogen-bond donors (Lipinski definition) is 2. The minimum Gasteiger partial charge on any atom is -0.506 e. The fourth-order valence-corrected chi connectivity index (χ4v) is 6.23. The summed E-state index contributed by atoms with van der Waals surface area (Å²) in [5.74, 6) is 1.27. The van der Waals surface area contributed by atoms with Crippen molar-refractivity contribution in [1.29, 1.82) is 0 Å². The zero-order valence-electron chi connectivity index (χ0n) is 16.8. The third-order valence-electron chi connectivity index (χ3n) is 4.99. The van der Waals surface area contributed by atoms with Crippen molar-refractivity contribution < 1.29 is 9.84 Å². The van der Waals surface area contributed by atoms with E-state index in [1.54, 1.807) is 0 Å². The van der Waals surface area contributed by atoms with Gasteiger partial charge in [-0.3, -0.25) is 0 Å². The normalized spacial score (nSPS) is 14.5. The lowest BCUT2D eigenvalue weighted by atomic mass is 10.1. The number of nitrogens with zero attached hydrogens (tertiary/aromatic N) is 3. The number of fused-ring (bicyclic) bond motifs is 3. The third-order valence-corrected chi connectivity index (χ3v) is 7.89. The number of aromatic nitrogens is 3. The van der Waals surface area contributed by atoms with E-state index in [0.29, 0.717) is 27.5 Å². The molecule has 10 heteroatoms. The summed E-state index contributed by atoms with van der Waals surface area (Å²) in [7, 11) is 0. The molecule has 0 saturated carbocycles. The summed E-state index contributed by atoms with van der Waals surface area (Å²) in [6.07, 6.45) is -0.520. The Morgan fingerprint density at radius 3 is 2.55 bits per heavy atom. The van der Waals surface area contributed by atoms with Crippen molar-refractivity contribution in [3.63, 3.8) is 0 Å². The number of ether oxygens (including phenoxy) is 1.